The largest absolute Gasteiger partial charge is 0.379 e. The summed E-state index contributed by atoms with van der Waals surface area (Å²) in [5, 5.41) is 3.64. The minimum atomic E-state index is 0.178. The molecule has 0 spiro atoms. The molecule has 0 amide bonds. The van der Waals surface area contributed by atoms with E-state index < -0.39 is 0 Å². The molecule has 0 aromatic carbocycles. The summed E-state index contributed by atoms with van der Waals surface area (Å²) in [5.74, 6) is 0. The van der Waals surface area contributed by atoms with Gasteiger partial charge in [0.1, 0.15) is 0 Å². The molecule has 18 heavy (non-hydrogen) atoms. The number of likely N-dealkylation sites (N-methyl/N-ethyl adjacent to an activating group) is 1. The highest BCUT2D eigenvalue weighted by Gasteiger charge is 2.37. The first-order valence-corrected chi connectivity index (χ1v) is 7.25. The fourth-order valence-electron chi connectivity index (χ4n) is 2.73. The maximum absolute atomic E-state index is 5.48. The smallest absolute Gasteiger partial charge is 0.0594 e. The van der Waals surface area contributed by atoms with Crippen molar-refractivity contribution in [2.24, 2.45) is 0 Å². The second-order valence-electron chi connectivity index (χ2n) is 5.59. The molecule has 0 bridgehead atoms. The lowest BCUT2D eigenvalue weighted by Gasteiger charge is -2.47. The Bertz CT molecular complexity index is 268. The molecule has 2 unspecified atom stereocenters. The lowest BCUT2D eigenvalue weighted by atomic mass is 9.85. The molecule has 1 aliphatic rings. The summed E-state index contributed by atoms with van der Waals surface area (Å²) in [5.41, 5.74) is 1.56. The highest BCUT2D eigenvalue weighted by atomic mass is 16.5. The van der Waals surface area contributed by atoms with E-state index in [0.29, 0.717) is 6.04 Å². The molecule has 1 saturated heterocycles. The van der Waals surface area contributed by atoms with Crippen molar-refractivity contribution in [2.45, 2.75) is 52.6 Å². The van der Waals surface area contributed by atoms with Gasteiger partial charge in [0.25, 0.3) is 0 Å². The average molecular weight is 254 g/mol. The van der Waals surface area contributed by atoms with Crippen LogP contribution in [-0.2, 0) is 4.74 Å². The summed E-state index contributed by atoms with van der Waals surface area (Å²) in [6.45, 7) is 16.0. The molecule has 1 fully saturated rings. The number of morpholine rings is 1. The van der Waals surface area contributed by atoms with Gasteiger partial charge in [-0.25, -0.2) is 0 Å². The number of allylic oxidation sites excluding steroid dienone is 1. The lowest BCUT2D eigenvalue weighted by molar-refractivity contribution is -0.0261. The molecule has 0 radical (unpaired) electrons. The van der Waals surface area contributed by atoms with Gasteiger partial charge in [0.05, 0.1) is 13.2 Å². The molecule has 0 saturated carbocycles. The molecule has 3 nitrogen and oxygen atoms in total. The summed E-state index contributed by atoms with van der Waals surface area (Å²) in [6.07, 6.45) is 3.52. The van der Waals surface area contributed by atoms with Gasteiger partial charge in [-0.05, 0) is 33.7 Å². The third kappa shape index (κ3) is 3.81. The molecule has 0 aromatic heterocycles. The fourth-order valence-corrected chi connectivity index (χ4v) is 2.73. The minimum absolute atomic E-state index is 0.178. The van der Waals surface area contributed by atoms with E-state index in [1.54, 1.807) is 0 Å². The monoisotopic (exact) mass is 254 g/mol. The van der Waals surface area contributed by atoms with Gasteiger partial charge < -0.3 is 10.1 Å². The van der Waals surface area contributed by atoms with Crippen molar-refractivity contribution in [3.05, 3.63) is 11.6 Å². The van der Waals surface area contributed by atoms with Gasteiger partial charge >= 0.3 is 0 Å². The molecule has 1 rings (SSSR count). The number of nitrogens with zero attached hydrogens (tertiary/aromatic N) is 1. The number of nitrogens with one attached hydrogen (secondary N) is 1. The van der Waals surface area contributed by atoms with Gasteiger partial charge in [-0.1, -0.05) is 25.5 Å². The Morgan fingerprint density at radius 3 is 2.39 bits per heavy atom. The summed E-state index contributed by atoms with van der Waals surface area (Å²) < 4.78 is 5.48. The van der Waals surface area contributed by atoms with Crippen LogP contribution in [0.3, 0.4) is 0 Å². The second-order valence-corrected chi connectivity index (χ2v) is 5.59. The normalized spacial score (nSPS) is 22.3. The van der Waals surface area contributed by atoms with E-state index in [0.717, 1.165) is 39.3 Å². The van der Waals surface area contributed by atoms with Gasteiger partial charge in [-0.3, -0.25) is 4.90 Å². The molecule has 106 valence electrons. The van der Waals surface area contributed by atoms with E-state index >= 15 is 0 Å². The van der Waals surface area contributed by atoms with Crippen LogP contribution in [0.15, 0.2) is 11.6 Å². The van der Waals surface area contributed by atoms with Crippen molar-refractivity contribution in [1.82, 2.24) is 10.2 Å². The van der Waals surface area contributed by atoms with Crippen LogP contribution in [-0.4, -0.2) is 49.3 Å². The molecular weight excluding hydrogens is 224 g/mol. The first-order valence-electron chi connectivity index (χ1n) is 7.25. The molecule has 1 heterocycles. The summed E-state index contributed by atoms with van der Waals surface area (Å²) in [4.78, 5) is 2.59. The van der Waals surface area contributed by atoms with Crippen molar-refractivity contribution in [2.75, 3.05) is 32.8 Å². The third-order valence-electron chi connectivity index (χ3n) is 4.04. The summed E-state index contributed by atoms with van der Waals surface area (Å²) in [7, 11) is 0. The number of hydrogen-bond donors (Lipinski definition) is 1. The van der Waals surface area contributed by atoms with Gasteiger partial charge in [0, 0.05) is 24.7 Å². The zero-order valence-corrected chi connectivity index (χ0v) is 12.8. The van der Waals surface area contributed by atoms with Crippen molar-refractivity contribution in [1.29, 1.82) is 0 Å². The van der Waals surface area contributed by atoms with Gasteiger partial charge in [0.15, 0.2) is 0 Å². The molecule has 2 atom stereocenters. The van der Waals surface area contributed by atoms with E-state index in [1.165, 1.54) is 5.57 Å². The number of rotatable bonds is 6. The highest BCUT2D eigenvalue weighted by molar-refractivity contribution is 5.11. The van der Waals surface area contributed by atoms with Crippen molar-refractivity contribution in [3.8, 4) is 0 Å². The van der Waals surface area contributed by atoms with E-state index in [9.17, 15) is 0 Å². The van der Waals surface area contributed by atoms with Gasteiger partial charge in [0.2, 0.25) is 0 Å². The second kappa shape index (κ2) is 7.27. The predicted molar refractivity (Wildman–Crippen MR) is 78.0 cm³/mol. The van der Waals surface area contributed by atoms with Crippen LogP contribution in [0.5, 0.6) is 0 Å². The van der Waals surface area contributed by atoms with Gasteiger partial charge in [-0.2, -0.15) is 0 Å². The van der Waals surface area contributed by atoms with Crippen LogP contribution in [0.2, 0.25) is 0 Å². The van der Waals surface area contributed by atoms with E-state index in [4.69, 9.17) is 4.74 Å². The fraction of sp³-hybridized carbons (Fsp3) is 0.867. The summed E-state index contributed by atoms with van der Waals surface area (Å²) in [6, 6.07) is 0.413. The van der Waals surface area contributed by atoms with Crippen LogP contribution in [0.1, 0.15) is 41.0 Å². The Kier molecular flexibility index (Phi) is 6.33. The van der Waals surface area contributed by atoms with Crippen LogP contribution in [0.4, 0.5) is 0 Å². The highest BCUT2D eigenvalue weighted by Crippen LogP contribution is 2.26. The van der Waals surface area contributed by atoms with Gasteiger partial charge in [-0.15, -0.1) is 0 Å². The SMILES string of the molecule is CCNC(C=C(C)C)C(C)(CC)N1CCOCC1. The van der Waals surface area contributed by atoms with Crippen LogP contribution < -0.4 is 5.32 Å². The molecule has 0 aromatic rings. The maximum atomic E-state index is 5.48. The lowest BCUT2D eigenvalue weighted by Crippen LogP contribution is -2.61. The molecule has 0 aliphatic carbocycles. The molecule has 1 aliphatic heterocycles. The zero-order chi connectivity index (χ0) is 13.6. The molecular formula is C15H30N2O. The molecule has 3 heteroatoms. The number of ether oxygens (including phenoxy) is 1. The Morgan fingerprint density at radius 2 is 1.94 bits per heavy atom. The Hall–Kier alpha value is -0.380. The van der Waals surface area contributed by atoms with E-state index in [-0.39, 0.29) is 5.54 Å². The Morgan fingerprint density at radius 1 is 1.33 bits per heavy atom. The van der Waals surface area contributed by atoms with Crippen LogP contribution in [0.25, 0.3) is 0 Å². The average Bonchev–Trinajstić information content (AvgIpc) is 2.38. The predicted octanol–water partition coefficient (Wildman–Crippen LogP) is 2.43. The molecule has 1 N–H and O–H groups in total. The van der Waals surface area contributed by atoms with Crippen LogP contribution >= 0.6 is 0 Å². The Balaban J connectivity index is 2.89. The summed E-state index contributed by atoms with van der Waals surface area (Å²) >= 11 is 0. The van der Waals surface area contributed by atoms with Crippen molar-refractivity contribution in [3.63, 3.8) is 0 Å². The minimum Gasteiger partial charge on any atom is -0.379 e. The number of hydrogen-bond acceptors (Lipinski definition) is 3. The third-order valence-corrected chi connectivity index (χ3v) is 4.04. The quantitative estimate of drug-likeness (QED) is 0.737. The topological polar surface area (TPSA) is 24.5 Å². The van der Waals surface area contributed by atoms with Crippen molar-refractivity contribution >= 4 is 0 Å². The maximum Gasteiger partial charge on any atom is 0.0594 e. The first kappa shape index (κ1) is 15.7. The van der Waals surface area contributed by atoms with Crippen LogP contribution in [0, 0.1) is 0 Å². The van der Waals surface area contributed by atoms with Crippen molar-refractivity contribution < 1.29 is 4.74 Å². The standard InChI is InChI=1S/C15H30N2O/c1-6-15(5,17-8-10-18-11-9-17)14(16-7-2)12-13(3)4/h12,14,16H,6-11H2,1-5H3. The van der Waals surface area contributed by atoms with E-state index in [2.05, 4.69) is 50.9 Å². The first-order chi connectivity index (χ1) is 8.54. The Labute approximate surface area is 113 Å². The van der Waals surface area contributed by atoms with E-state index in [1.807, 2.05) is 0 Å². The zero-order valence-electron chi connectivity index (χ0n) is 12.8.